The van der Waals surface area contributed by atoms with Gasteiger partial charge in [0.2, 0.25) is 0 Å². The van der Waals surface area contributed by atoms with Gasteiger partial charge in [-0.05, 0) is 39.8 Å². The van der Waals surface area contributed by atoms with Crippen molar-refractivity contribution >= 4 is 46.4 Å². The fraction of sp³-hybridized carbons (Fsp3) is 0. The number of benzene rings is 4. The predicted molar refractivity (Wildman–Crippen MR) is 123 cm³/mol. The Bertz CT molecular complexity index is 1320. The fourth-order valence-electron chi connectivity index (χ4n) is 4.78. The molecule has 6 rings (SSSR count). The summed E-state index contributed by atoms with van der Waals surface area (Å²) in [6.45, 7) is 0. The van der Waals surface area contributed by atoms with E-state index in [-0.39, 0.29) is 0 Å². The molecule has 4 aromatic carbocycles. The van der Waals surface area contributed by atoms with E-state index >= 15 is 0 Å². The molecule has 1 aliphatic heterocycles. The second kappa shape index (κ2) is 6.18. The molecule has 29 heavy (non-hydrogen) atoms. The molecule has 0 radical (unpaired) electrons. The maximum absolute atomic E-state index is 6.45. The van der Waals surface area contributed by atoms with Crippen LogP contribution in [0.5, 0.6) is 0 Å². The van der Waals surface area contributed by atoms with Gasteiger partial charge in [-0.15, -0.1) is 0 Å². The van der Waals surface area contributed by atoms with E-state index in [0.29, 0.717) is 0 Å². The van der Waals surface area contributed by atoms with Gasteiger partial charge < -0.3 is 4.23 Å². The van der Waals surface area contributed by atoms with Gasteiger partial charge >= 0.3 is 0 Å². The van der Waals surface area contributed by atoms with Gasteiger partial charge in [0.15, 0.2) is 0 Å². The average molecular weight is 409 g/mol. The van der Waals surface area contributed by atoms with Crippen molar-refractivity contribution in [1.82, 2.24) is 9.22 Å². The number of hydrogen-bond donors (Lipinski definition) is 0. The molecule has 5 aromatic rings. The molecule has 0 spiro atoms. The molecule has 0 bridgehead atoms. The van der Waals surface area contributed by atoms with Crippen LogP contribution in [0, 0.1) is 0 Å². The van der Waals surface area contributed by atoms with Gasteiger partial charge in [0.1, 0.15) is 5.82 Å². The lowest BCUT2D eigenvalue weighted by atomic mass is 10.2. The Morgan fingerprint density at radius 1 is 0.690 bits per heavy atom. The Kier molecular flexibility index (Phi) is 3.57. The maximum atomic E-state index is 6.45. The lowest BCUT2D eigenvalue weighted by Crippen LogP contribution is -2.70. The first-order chi connectivity index (χ1) is 14.3. The molecular formula is C25H17ClN2Si. The summed E-state index contributed by atoms with van der Waals surface area (Å²) in [5, 5.41) is 4.77. The normalized spacial score (nSPS) is 14.0. The van der Waals surface area contributed by atoms with E-state index in [9.17, 15) is 0 Å². The van der Waals surface area contributed by atoms with Crippen molar-refractivity contribution in [2.75, 3.05) is 0 Å². The molecule has 0 N–H and O–H groups in total. The third kappa shape index (κ3) is 2.20. The topological polar surface area (TPSA) is 17.8 Å². The number of nitrogens with zero attached hydrogens (tertiary/aromatic N) is 2. The summed E-state index contributed by atoms with van der Waals surface area (Å²) in [7, 11) is -2.57. The van der Waals surface area contributed by atoms with Crippen molar-refractivity contribution in [2.24, 2.45) is 0 Å². The summed E-state index contributed by atoms with van der Waals surface area (Å²) >= 11 is 6.45. The zero-order valence-corrected chi connectivity index (χ0v) is 17.3. The fourth-order valence-corrected chi connectivity index (χ4v) is 9.95. The standard InChI is InChI=1S/C25H17ClN2Si/c26-18-15-16-24-21(17-18)25-27-22-13-7-8-14-23(22)28(25)29(24,19-9-3-1-4-10-19)20-11-5-2-6-12-20/h1-17H. The number of aromatic nitrogens is 2. The molecule has 0 atom stereocenters. The molecule has 4 heteroatoms. The highest BCUT2D eigenvalue weighted by atomic mass is 35.5. The number of rotatable bonds is 2. The molecule has 1 aliphatic rings. The van der Waals surface area contributed by atoms with E-state index in [1.54, 1.807) is 0 Å². The number of fused-ring (bicyclic) bond motifs is 5. The maximum Gasteiger partial charge on any atom is 0.259 e. The summed E-state index contributed by atoms with van der Waals surface area (Å²) in [6.07, 6.45) is 0. The van der Waals surface area contributed by atoms with E-state index in [1.807, 2.05) is 6.07 Å². The van der Waals surface area contributed by atoms with Crippen LogP contribution in [0.15, 0.2) is 103 Å². The first kappa shape index (κ1) is 16.8. The van der Waals surface area contributed by atoms with Crippen LogP contribution in [0.4, 0.5) is 0 Å². The van der Waals surface area contributed by atoms with E-state index in [4.69, 9.17) is 16.6 Å². The molecule has 0 amide bonds. The minimum atomic E-state index is -2.57. The highest BCUT2D eigenvalue weighted by Crippen LogP contribution is 2.35. The van der Waals surface area contributed by atoms with Crippen molar-refractivity contribution in [3.63, 3.8) is 0 Å². The second-order valence-electron chi connectivity index (χ2n) is 7.39. The molecule has 0 aliphatic carbocycles. The molecule has 1 aromatic heterocycles. The minimum Gasteiger partial charge on any atom is -0.339 e. The van der Waals surface area contributed by atoms with Crippen LogP contribution < -0.4 is 15.6 Å². The largest absolute Gasteiger partial charge is 0.339 e. The molecule has 0 unspecified atom stereocenters. The summed E-state index contributed by atoms with van der Waals surface area (Å²) in [6, 6.07) is 36.5. The van der Waals surface area contributed by atoms with E-state index in [1.165, 1.54) is 21.1 Å². The SMILES string of the molecule is Clc1ccc2c(c1)-c1nc3ccccc3n1[Si]2(c1ccccc1)c1ccccc1. The van der Waals surface area contributed by atoms with Crippen molar-refractivity contribution in [2.45, 2.75) is 0 Å². The quantitative estimate of drug-likeness (QED) is 0.393. The van der Waals surface area contributed by atoms with Crippen LogP contribution in [0.1, 0.15) is 0 Å². The van der Waals surface area contributed by atoms with Gasteiger partial charge in [0.25, 0.3) is 8.24 Å². The van der Waals surface area contributed by atoms with Crippen molar-refractivity contribution in [1.29, 1.82) is 0 Å². The Balaban J connectivity index is 1.87. The van der Waals surface area contributed by atoms with Crippen molar-refractivity contribution in [3.05, 3.63) is 108 Å². The molecule has 2 nitrogen and oxygen atoms in total. The molecule has 138 valence electrons. The lowest BCUT2D eigenvalue weighted by molar-refractivity contribution is 1.23. The van der Waals surface area contributed by atoms with Crippen molar-refractivity contribution in [3.8, 4) is 11.4 Å². The highest BCUT2D eigenvalue weighted by Gasteiger charge is 2.50. The smallest absolute Gasteiger partial charge is 0.259 e. The van der Waals surface area contributed by atoms with E-state index < -0.39 is 8.24 Å². The Morgan fingerprint density at radius 3 is 2.00 bits per heavy atom. The predicted octanol–water partition coefficient (Wildman–Crippen LogP) is 4.19. The van der Waals surface area contributed by atoms with Crippen LogP contribution in [0.25, 0.3) is 22.4 Å². The van der Waals surface area contributed by atoms with Gasteiger partial charge in [0, 0.05) is 10.6 Å². The van der Waals surface area contributed by atoms with Crippen LogP contribution in [-0.4, -0.2) is 17.5 Å². The molecule has 0 saturated carbocycles. The van der Waals surface area contributed by atoms with E-state index in [0.717, 1.165) is 21.9 Å². The third-order valence-electron chi connectivity index (χ3n) is 5.89. The molecule has 0 saturated heterocycles. The first-order valence-electron chi connectivity index (χ1n) is 9.69. The Morgan fingerprint density at radius 2 is 1.31 bits per heavy atom. The molecule has 0 fully saturated rings. The van der Waals surface area contributed by atoms with Crippen LogP contribution >= 0.6 is 11.6 Å². The molecule has 2 heterocycles. The van der Waals surface area contributed by atoms with Gasteiger partial charge in [-0.1, -0.05) is 90.5 Å². The minimum absolute atomic E-state index is 0.744. The van der Waals surface area contributed by atoms with Gasteiger partial charge in [-0.25, -0.2) is 4.98 Å². The average Bonchev–Trinajstić information content (AvgIpc) is 3.29. The Hall–Kier alpha value is -3.14. The van der Waals surface area contributed by atoms with Crippen LogP contribution in [0.3, 0.4) is 0 Å². The number of para-hydroxylation sites is 2. The van der Waals surface area contributed by atoms with Crippen LogP contribution in [0.2, 0.25) is 5.02 Å². The zero-order valence-electron chi connectivity index (χ0n) is 15.6. The summed E-state index contributed by atoms with van der Waals surface area (Å²) in [5.74, 6) is 1.02. The zero-order chi connectivity index (χ0) is 19.4. The van der Waals surface area contributed by atoms with Gasteiger partial charge in [-0.3, -0.25) is 0 Å². The lowest BCUT2D eigenvalue weighted by Gasteiger charge is -2.32. The van der Waals surface area contributed by atoms with E-state index in [2.05, 4.69) is 101 Å². The number of imidazole rings is 1. The highest BCUT2D eigenvalue weighted by molar-refractivity contribution is 7.12. The van der Waals surface area contributed by atoms with Gasteiger partial charge in [-0.2, -0.15) is 0 Å². The monoisotopic (exact) mass is 408 g/mol. The van der Waals surface area contributed by atoms with Crippen molar-refractivity contribution < 1.29 is 0 Å². The first-order valence-corrected chi connectivity index (χ1v) is 12.0. The summed E-state index contributed by atoms with van der Waals surface area (Å²) in [5.41, 5.74) is 3.35. The number of halogens is 1. The summed E-state index contributed by atoms with van der Waals surface area (Å²) in [4.78, 5) is 5.06. The third-order valence-corrected chi connectivity index (χ3v) is 10.8. The Labute approximate surface area is 175 Å². The number of hydrogen-bond acceptors (Lipinski definition) is 1. The van der Waals surface area contributed by atoms with Crippen LogP contribution in [-0.2, 0) is 0 Å². The summed E-state index contributed by atoms with van der Waals surface area (Å²) < 4.78 is 2.52. The van der Waals surface area contributed by atoms with Gasteiger partial charge in [0.05, 0.1) is 11.0 Å². The second-order valence-corrected chi connectivity index (χ2v) is 11.4. The molecular weight excluding hydrogens is 392 g/mol.